The van der Waals surface area contributed by atoms with Gasteiger partial charge in [0.15, 0.2) is 6.10 Å². The summed E-state index contributed by atoms with van der Waals surface area (Å²) in [7, 11) is 0. The first-order valence-corrected chi connectivity index (χ1v) is 9.60. The van der Waals surface area contributed by atoms with Gasteiger partial charge in [0.05, 0.1) is 10.6 Å². The first kappa shape index (κ1) is 22.5. The minimum absolute atomic E-state index is 0.203. The molecule has 0 spiro atoms. The highest BCUT2D eigenvalue weighted by atomic mass is 35.5. The molecule has 1 aromatic carbocycles. The number of ether oxygens (including phenoxy) is 2. The highest BCUT2D eigenvalue weighted by molar-refractivity contribution is 6.32. The number of hydrogen-bond donors (Lipinski definition) is 1. The number of halogens is 1. The fraction of sp³-hybridized carbons (Fsp3) is 0.500. The molecule has 2 atom stereocenters. The molecule has 1 fully saturated rings. The Hall–Kier alpha value is -2.79. The summed E-state index contributed by atoms with van der Waals surface area (Å²) in [6, 6.07) is 5.58. The largest absolute Gasteiger partial charge is 0.451 e. The number of anilines is 1. The maximum absolute atomic E-state index is 12.5. The van der Waals surface area contributed by atoms with E-state index in [4.69, 9.17) is 26.3 Å². The molecule has 0 aliphatic carbocycles. The van der Waals surface area contributed by atoms with Crippen molar-refractivity contribution in [2.45, 2.75) is 58.3 Å². The van der Waals surface area contributed by atoms with Crippen LogP contribution in [-0.2, 0) is 19.1 Å². The molecule has 8 nitrogen and oxygen atoms in total. The van der Waals surface area contributed by atoms with Gasteiger partial charge < -0.3 is 14.8 Å². The van der Waals surface area contributed by atoms with Gasteiger partial charge in [-0.3, -0.25) is 9.69 Å². The Kier molecular flexibility index (Phi) is 7.09. The Balaban J connectivity index is 1.96. The van der Waals surface area contributed by atoms with E-state index in [2.05, 4.69) is 5.32 Å². The minimum Gasteiger partial charge on any atom is -0.451 e. The summed E-state index contributed by atoms with van der Waals surface area (Å²) in [5.41, 5.74) is -0.0188. The summed E-state index contributed by atoms with van der Waals surface area (Å²) in [6.07, 6.45) is -0.583. The van der Waals surface area contributed by atoms with Gasteiger partial charge in [0.25, 0.3) is 5.91 Å². The molecular formula is C20H24ClN3O5. The molecule has 1 heterocycles. The van der Waals surface area contributed by atoms with E-state index >= 15 is 0 Å². The van der Waals surface area contributed by atoms with Crippen molar-refractivity contribution < 1.29 is 23.9 Å². The number of carbonyl (C=O) groups excluding carboxylic acids is 3. The van der Waals surface area contributed by atoms with Crippen LogP contribution >= 0.6 is 11.6 Å². The lowest BCUT2D eigenvalue weighted by atomic mass is 10.2. The molecule has 1 saturated heterocycles. The summed E-state index contributed by atoms with van der Waals surface area (Å²) in [6.45, 7) is 7.06. The zero-order valence-electron chi connectivity index (χ0n) is 16.8. The van der Waals surface area contributed by atoms with Gasteiger partial charge in [-0.15, -0.1) is 0 Å². The fourth-order valence-electron chi connectivity index (χ4n) is 2.78. The Morgan fingerprint density at radius 3 is 2.62 bits per heavy atom. The second-order valence-corrected chi connectivity index (χ2v) is 8.11. The van der Waals surface area contributed by atoms with Crippen LogP contribution in [0.4, 0.5) is 10.5 Å². The Morgan fingerprint density at radius 2 is 2.03 bits per heavy atom. The van der Waals surface area contributed by atoms with E-state index in [1.54, 1.807) is 20.8 Å². The number of carbonyl (C=O) groups is 3. The van der Waals surface area contributed by atoms with Crippen LogP contribution in [0.15, 0.2) is 18.2 Å². The molecule has 9 heteroatoms. The quantitative estimate of drug-likeness (QED) is 0.745. The van der Waals surface area contributed by atoms with Crippen LogP contribution in [0.2, 0.25) is 5.02 Å². The molecule has 0 saturated carbocycles. The van der Waals surface area contributed by atoms with Gasteiger partial charge in [0.1, 0.15) is 17.7 Å². The van der Waals surface area contributed by atoms with Crippen LogP contribution in [0.1, 0.15) is 46.1 Å². The fourth-order valence-corrected chi connectivity index (χ4v) is 3.01. The van der Waals surface area contributed by atoms with Crippen molar-refractivity contribution in [2.24, 2.45) is 0 Å². The molecule has 0 bridgehead atoms. The molecule has 0 radical (unpaired) electrons. The first-order chi connectivity index (χ1) is 13.5. The second-order valence-electron chi connectivity index (χ2n) is 7.71. The summed E-state index contributed by atoms with van der Waals surface area (Å²) in [4.78, 5) is 38.5. The van der Waals surface area contributed by atoms with Gasteiger partial charge in [0, 0.05) is 12.2 Å². The maximum atomic E-state index is 12.5. The van der Waals surface area contributed by atoms with E-state index < -0.39 is 35.7 Å². The summed E-state index contributed by atoms with van der Waals surface area (Å²) < 4.78 is 10.6. The zero-order chi connectivity index (χ0) is 21.8. The molecule has 0 unspecified atom stereocenters. The Labute approximate surface area is 174 Å². The third-order valence-electron chi connectivity index (χ3n) is 4.17. The van der Waals surface area contributed by atoms with Gasteiger partial charge in [-0.05, 0) is 58.7 Å². The van der Waals surface area contributed by atoms with E-state index in [0.29, 0.717) is 25.1 Å². The maximum Gasteiger partial charge on any atom is 0.411 e. The second kappa shape index (κ2) is 9.14. The number of benzene rings is 1. The lowest BCUT2D eigenvalue weighted by molar-refractivity contribution is -0.157. The van der Waals surface area contributed by atoms with Crippen molar-refractivity contribution in [1.82, 2.24) is 4.90 Å². The number of amides is 2. The first-order valence-electron chi connectivity index (χ1n) is 9.22. The van der Waals surface area contributed by atoms with Crippen LogP contribution in [0, 0.1) is 11.3 Å². The molecule has 2 rings (SSSR count). The van der Waals surface area contributed by atoms with Crippen molar-refractivity contribution >= 4 is 35.3 Å². The van der Waals surface area contributed by atoms with E-state index in [9.17, 15) is 14.4 Å². The summed E-state index contributed by atoms with van der Waals surface area (Å²) in [5.74, 6) is -1.21. The van der Waals surface area contributed by atoms with Gasteiger partial charge in [0.2, 0.25) is 0 Å². The zero-order valence-corrected chi connectivity index (χ0v) is 17.6. The molecule has 2 amide bonds. The number of hydrogen-bond acceptors (Lipinski definition) is 6. The Morgan fingerprint density at radius 1 is 1.34 bits per heavy atom. The molecule has 1 aromatic rings. The normalized spacial score (nSPS) is 17.2. The predicted octanol–water partition coefficient (Wildman–Crippen LogP) is 3.48. The van der Waals surface area contributed by atoms with E-state index in [0.717, 1.165) is 0 Å². The smallest absolute Gasteiger partial charge is 0.411 e. The van der Waals surface area contributed by atoms with Gasteiger partial charge in [-0.2, -0.15) is 5.26 Å². The van der Waals surface area contributed by atoms with Crippen molar-refractivity contribution in [3.63, 3.8) is 0 Å². The van der Waals surface area contributed by atoms with Crippen molar-refractivity contribution in [3.8, 4) is 6.07 Å². The molecule has 1 aliphatic heterocycles. The molecule has 1 aliphatic rings. The van der Waals surface area contributed by atoms with Crippen LogP contribution in [0.5, 0.6) is 0 Å². The number of nitrogens with one attached hydrogen (secondary N) is 1. The molecule has 156 valence electrons. The van der Waals surface area contributed by atoms with Crippen LogP contribution in [0.25, 0.3) is 0 Å². The van der Waals surface area contributed by atoms with Crippen LogP contribution in [0.3, 0.4) is 0 Å². The average molecular weight is 422 g/mol. The van der Waals surface area contributed by atoms with Gasteiger partial charge >= 0.3 is 12.1 Å². The molecule has 1 N–H and O–H groups in total. The van der Waals surface area contributed by atoms with E-state index in [1.807, 2.05) is 6.07 Å². The van der Waals surface area contributed by atoms with E-state index in [1.165, 1.54) is 30.0 Å². The van der Waals surface area contributed by atoms with Crippen LogP contribution in [-0.4, -0.2) is 47.2 Å². The SMILES string of the molecule is C[C@H](OC(=O)[C@@H]1CCCN1C(=O)OC(C)(C)C)C(=O)Nc1ccc(C#N)c(Cl)c1. The third-order valence-corrected chi connectivity index (χ3v) is 4.48. The topological polar surface area (TPSA) is 109 Å². The highest BCUT2D eigenvalue weighted by Crippen LogP contribution is 2.23. The highest BCUT2D eigenvalue weighted by Gasteiger charge is 2.38. The minimum atomic E-state index is -1.09. The molecule has 0 aromatic heterocycles. The number of nitrogens with zero attached hydrogens (tertiary/aromatic N) is 2. The van der Waals surface area contributed by atoms with Crippen LogP contribution < -0.4 is 5.32 Å². The van der Waals surface area contributed by atoms with Gasteiger partial charge in [-0.1, -0.05) is 11.6 Å². The Bertz CT molecular complexity index is 843. The van der Waals surface area contributed by atoms with Crippen molar-refractivity contribution in [2.75, 3.05) is 11.9 Å². The summed E-state index contributed by atoms with van der Waals surface area (Å²) >= 11 is 5.95. The summed E-state index contributed by atoms with van der Waals surface area (Å²) in [5, 5.41) is 11.7. The van der Waals surface area contributed by atoms with Gasteiger partial charge in [-0.25, -0.2) is 9.59 Å². The number of rotatable bonds is 4. The van der Waals surface area contributed by atoms with Crippen molar-refractivity contribution in [3.05, 3.63) is 28.8 Å². The standard InChI is InChI=1S/C20H24ClN3O5/c1-12(17(25)23-14-8-7-13(11-22)15(21)10-14)28-18(26)16-6-5-9-24(16)19(27)29-20(2,3)4/h7-8,10,12,16H,5-6,9H2,1-4H3,(H,23,25)/t12-,16-/m0/s1. The van der Waals surface area contributed by atoms with Crippen molar-refractivity contribution in [1.29, 1.82) is 5.26 Å². The third kappa shape index (κ3) is 6.09. The monoisotopic (exact) mass is 421 g/mol. The average Bonchev–Trinajstić information content (AvgIpc) is 3.10. The number of nitriles is 1. The number of esters is 1. The molecular weight excluding hydrogens is 398 g/mol. The van der Waals surface area contributed by atoms with E-state index in [-0.39, 0.29) is 10.6 Å². The number of likely N-dealkylation sites (tertiary alicyclic amines) is 1. The lowest BCUT2D eigenvalue weighted by Gasteiger charge is -2.28. The predicted molar refractivity (Wildman–Crippen MR) is 106 cm³/mol. The molecule has 29 heavy (non-hydrogen) atoms. The lowest BCUT2D eigenvalue weighted by Crippen LogP contribution is -2.45.